The van der Waals surface area contributed by atoms with Crippen molar-refractivity contribution < 1.29 is 19.4 Å². The average molecular weight is 418 g/mol. The van der Waals surface area contributed by atoms with Crippen LogP contribution in [-0.2, 0) is 14.3 Å². The Bertz CT molecular complexity index is 629. The third-order valence-corrected chi connectivity index (χ3v) is 5.45. The van der Waals surface area contributed by atoms with Gasteiger partial charge in [0.05, 0.1) is 5.92 Å². The summed E-state index contributed by atoms with van der Waals surface area (Å²) in [7, 11) is 0. The van der Waals surface area contributed by atoms with Gasteiger partial charge in [0.1, 0.15) is 6.73 Å². The second-order valence-electron chi connectivity index (χ2n) is 7.92. The number of ether oxygens (including phenoxy) is 1. The van der Waals surface area contributed by atoms with Crippen molar-refractivity contribution in [3.8, 4) is 0 Å². The maximum absolute atomic E-state index is 12.5. The van der Waals surface area contributed by atoms with Crippen molar-refractivity contribution in [2.75, 3.05) is 13.3 Å². The number of benzene rings is 1. The van der Waals surface area contributed by atoms with Gasteiger partial charge in [0.15, 0.2) is 0 Å². The molecular weight excluding hydrogens is 378 g/mol. The SMILES string of the molecule is CCCCOCNC(=O)C(CC/C=C/CC(CC)c1ccccc1)CC(C)C(=O)O. The third kappa shape index (κ3) is 10.6. The summed E-state index contributed by atoms with van der Waals surface area (Å²) in [4.78, 5) is 23.8. The van der Waals surface area contributed by atoms with Gasteiger partial charge in [-0.25, -0.2) is 0 Å². The van der Waals surface area contributed by atoms with Crippen molar-refractivity contribution in [2.45, 2.75) is 71.6 Å². The smallest absolute Gasteiger partial charge is 0.306 e. The Hall–Kier alpha value is -2.14. The number of amides is 1. The first-order valence-corrected chi connectivity index (χ1v) is 11.3. The van der Waals surface area contributed by atoms with Gasteiger partial charge >= 0.3 is 5.97 Å². The summed E-state index contributed by atoms with van der Waals surface area (Å²) < 4.78 is 5.41. The highest BCUT2D eigenvalue weighted by atomic mass is 16.5. The number of rotatable bonds is 16. The van der Waals surface area contributed by atoms with Gasteiger partial charge in [-0.1, -0.05) is 69.7 Å². The summed E-state index contributed by atoms with van der Waals surface area (Å²) in [6, 6.07) is 10.5. The van der Waals surface area contributed by atoms with E-state index in [-0.39, 0.29) is 18.6 Å². The van der Waals surface area contributed by atoms with Gasteiger partial charge < -0.3 is 15.2 Å². The molecule has 1 aromatic rings. The van der Waals surface area contributed by atoms with Crippen LogP contribution in [0, 0.1) is 11.8 Å². The Kier molecular flexibility index (Phi) is 13.5. The molecule has 5 nitrogen and oxygen atoms in total. The van der Waals surface area contributed by atoms with E-state index in [0.717, 1.165) is 32.1 Å². The molecular formula is C25H39NO4. The van der Waals surface area contributed by atoms with E-state index in [0.29, 0.717) is 25.4 Å². The molecule has 0 bridgehead atoms. The minimum Gasteiger partial charge on any atom is -0.481 e. The van der Waals surface area contributed by atoms with E-state index in [2.05, 4.69) is 55.6 Å². The van der Waals surface area contributed by atoms with Crippen LogP contribution in [0.3, 0.4) is 0 Å². The molecule has 30 heavy (non-hydrogen) atoms. The zero-order valence-corrected chi connectivity index (χ0v) is 18.8. The number of allylic oxidation sites excluding steroid dienone is 2. The minimum atomic E-state index is -0.865. The summed E-state index contributed by atoms with van der Waals surface area (Å²) >= 11 is 0. The summed E-state index contributed by atoms with van der Waals surface area (Å²) in [6.45, 7) is 6.74. The van der Waals surface area contributed by atoms with Gasteiger partial charge in [-0.2, -0.15) is 0 Å². The summed E-state index contributed by atoms with van der Waals surface area (Å²) in [6.07, 6.45) is 10.1. The van der Waals surface area contributed by atoms with Crippen molar-refractivity contribution in [1.82, 2.24) is 5.32 Å². The molecule has 0 aliphatic heterocycles. The lowest BCUT2D eigenvalue weighted by molar-refractivity contribution is -0.142. The minimum absolute atomic E-state index is 0.122. The highest BCUT2D eigenvalue weighted by Crippen LogP contribution is 2.24. The maximum Gasteiger partial charge on any atom is 0.306 e. The highest BCUT2D eigenvalue weighted by Gasteiger charge is 2.23. The van der Waals surface area contributed by atoms with Crippen molar-refractivity contribution in [2.24, 2.45) is 11.8 Å². The van der Waals surface area contributed by atoms with E-state index >= 15 is 0 Å². The van der Waals surface area contributed by atoms with E-state index in [1.165, 1.54) is 5.56 Å². The van der Waals surface area contributed by atoms with Gasteiger partial charge in [0.2, 0.25) is 5.91 Å². The van der Waals surface area contributed by atoms with Crippen molar-refractivity contribution in [3.63, 3.8) is 0 Å². The van der Waals surface area contributed by atoms with Crippen molar-refractivity contribution in [3.05, 3.63) is 48.0 Å². The third-order valence-electron chi connectivity index (χ3n) is 5.45. The van der Waals surface area contributed by atoms with Crippen LogP contribution in [0.5, 0.6) is 0 Å². The van der Waals surface area contributed by atoms with Crippen LogP contribution in [-0.4, -0.2) is 30.3 Å². The molecule has 0 spiro atoms. The molecule has 2 N–H and O–H groups in total. The molecule has 0 fully saturated rings. The van der Waals surface area contributed by atoms with Crippen LogP contribution in [0.4, 0.5) is 0 Å². The molecule has 3 unspecified atom stereocenters. The molecule has 0 aliphatic carbocycles. The molecule has 0 saturated carbocycles. The fourth-order valence-corrected chi connectivity index (χ4v) is 3.41. The molecule has 0 aromatic heterocycles. The number of carboxylic acids is 1. The predicted octanol–water partition coefficient (Wildman–Crippen LogP) is 5.52. The molecule has 0 radical (unpaired) electrons. The van der Waals surface area contributed by atoms with Gasteiger partial charge in [-0.05, 0) is 50.0 Å². The second-order valence-corrected chi connectivity index (χ2v) is 7.92. The fraction of sp³-hybridized carbons (Fsp3) is 0.600. The molecule has 5 heteroatoms. The Labute approximate surface area is 181 Å². The standard InChI is InChI=1S/C25H39NO4/c1-4-6-17-30-19-26-24(27)23(18-20(3)25(28)29)16-12-7-9-13-21(5-2)22-14-10-8-11-15-22/h7-11,14-15,20-21,23H,4-6,12-13,16-19H2,1-3H3,(H,26,27)(H,28,29)/b9-7+. The van der Waals surface area contributed by atoms with Gasteiger partial charge in [0.25, 0.3) is 0 Å². The first-order chi connectivity index (χ1) is 14.5. The average Bonchev–Trinajstić information content (AvgIpc) is 2.75. The molecule has 1 rings (SSSR count). The number of nitrogens with one attached hydrogen (secondary N) is 1. The van der Waals surface area contributed by atoms with E-state index in [1.807, 2.05) is 6.07 Å². The van der Waals surface area contributed by atoms with Crippen LogP contribution in [0.25, 0.3) is 0 Å². The molecule has 0 aliphatic rings. The topological polar surface area (TPSA) is 75.6 Å². The largest absolute Gasteiger partial charge is 0.481 e. The van der Waals surface area contributed by atoms with Crippen molar-refractivity contribution >= 4 is 11.9 Å². The first-order valence-electron chi connectivity index (χ1n) is 11.3. The molecule has 0 heterocycles. The molecule has 1 aromatic carbocycles. The molecule has 168 valence electrons. The predicted molar refractivity (Wildman–Crippen MR) is 121 cm³/mol. The van der Waals surface area contributed by atoms with Crippen molar-refractivity contribution in [1.29, 1.82) is 0 Å². The normalized spacial score (nSPS) is 14.4. The zero-order valence-electron chi connectivity index (χ0n) is 18.8. The summed E-state index contributed by atoms with van der Waals surface area (Å²) in [5, 5.41) is 12.0. The number of carbonyl (C=O) groups is 2. The first kappa shape index (κ1) is 25.9. The van der Waals surface area contributed by atoms with Crippen LogP contribution >= 0.6 is 0 Å². The van der Waals surface area contributed by atoms with Gasteiger partial charge in [-0.3, -0.25) is 9.59 Å². The van der Waals surface area contributed by atoms with E-state index in [9.17, 15) is 14.7 Å². The van der Waals surface area contributed by atoms with E-state index in [1.54, 1.807) is 6.92 Å². The lowest BCUT2D eigenvalue weighted by Crippen LogP contribution is -2.34. The lowest BCUT2D eigenvalue weighted by atomic mass is 9.90. The lowest BCUT2D eigenvalue weighted by Gasteiger charge is -2.18. The van der Waals surface area contributed by atoms with Gasteiger partial charge in [-0.15, -0.1) is 0 Å². The van der Waals surface area contributed by atoms with Crippen LogP contribution in [0.1, 0.15) is 77.2 Å². The highest BCUT2D eigenvalue weighted by molar-refractivity contribution is 5.79. The van der Waals surface area contributed by atoms with Crippen LogP contribution in [0.15, 0.2) is 42.5 Å². The Morgan fingerprint density at radius 2 is 1.90 bits per heavy atom. The van der Waals surface area contributed by atoms with Gasteiger partial charge in [0, 0.05) is 12.5 Å². The molecule has 1 amide bonds. The fourth-order valence-electron chi connectivity index (χ4n) is 3.41. The Morgan fingerprint density at radius 1 is 1.17 bits per heavy atom. The van der Waals surface area contributed by atoms with Crippen LogP contribution in [0.2, 0.25) is 0 Å². The summed E-state index contributed by atoms with van der Waals surface area (Å²) in [5.41, 5.74) is 1.35. The zero-order chi connectivity index (χ0) is 22.2. The number of carboxylic acid groups (broad SMARTS) is 1. The summed E-state index contributed by atoms with van der Waals surface area (Å²) in [5.74, 6) is -1.37. The number of carbonyl (C=O) groups excluding carboxylic acids is 1. The van der Waals surface area contributed by atoms with Crippen LogP contribution < -0.4 is 5.32 Å². The number of hydrogen-bond donors (Lipinski definition) is 2. The number of hydrogen-bond acceptors (Lipinski definition) is 3. The Morgan fingerprint density at radius 3 is 2.53 bits per heavy atom. The second kappa shape index (κ2) is 15.7. The molecule has 3 atom stereocenters. The quantitative estimate of drug-likeness (QED) is 0.211. The maximum atomic E-state index is 12.5. The van der Waals surface area contributed by atoms with E-state index in [4.69, 9.17) is 4.74 Å². The monoisotopic (exact) mass is 417 g/mol. The molecule has 0 saturated heterocycles. The van der Waals surface area contributed by atoms with E-state index < -0.39 is 11.9 Å². The number of unbranched alkanes of at least 4 members (excludes halogenated alkanes) is 1. The number of aliphatic carboxylic acids is 1. The Balaban J connectivity index is 2.51.